The molecule has 0 unspecified atom stereocenters. The summed E-state index contributed by atoms with van der Waals surface area (Å²) in [6.45, 7) is 6.45. The molecule has 0 heterocycles. The molecule has 0 radical (unpaired) electrons. The molecule has 0 aliphatic carbocycles. The second-order valence-corrected chi connectivity index (χ2v) is 5.72. The summed E-state index contributed by atoms with van der Waals surface area (Å²) in [6, 6.07) is 6.78. The summed E-state index contributed by atoms with van der Waals surface area (Å²) in [7, 11) is 0. The predicted molar refractivity (Wildman–Crippen MR) is 95.2 cm³/mol. The molecular formula is C18H23N3O5. The van der Waals surface area contributed by atoms with Gasteiger partial charge in [-0.25, -0.2) is 9.59 Å². The smallest absolute Gasteiger partial charge is 0.329 e. The van der Waals surface area contributed by atoms with E-state index in [1.165, 1.54) is 6.08 Å². The van der Waals surface area contributed by atoms with Crippen LogP contribution in [0, 0.1) is 5.92 Å². The van der Waals surface area contributed by atoms with Crippen molar-refractivity contribution in [3.05, 3.63) is 48.6 Å². The Bertz CT molecular complexity index is 658. The summed E-state index contributed by atoms with van der Waals surface area (Å²) in [5.41, 5.74) is 0.405. The SMILES string of the molecule is C=CCNC(=O)NC(=O)COC(=O)[C@@H](NC(=O)c1ccccc1)C(C)C. The van der Waals surface area contributed by atoms with E-state index in [0.29, 0.717) is 5.56 Å². The number of carbonyl (C=O) groups excluding carboxylic acids is 4. The fourth-order valence-electron chi connectivity index (χ4n) is 1.91. The van der Waals surface area contributed by atoms with Gasteiger partial charge in [0.05, 0.1) is 0 Å². The molecule has 1 atom stereocenters. The number of carbonyl (C=O) groups is 4. The van der Waals surface area contributed by atoms with Crippen LogP contribution in [0.3, 0.4) is 0 Å². The third-order valence-corrected chi connectivity index (χ3v) is 3.25. The van der Waals surface area contributed by atoms with Gasteiger partial charge in [0.2, 0.25) is 0 Å². The zero-order valence-electron chi connectivity index (χ0n) is 14.8. The summed E-state index contributed by atoms with van der Waals surface area (Å²) in [5, 5.41) is 6.94. The van der Waals surface area contributed by atoms with Crippen LogP contribution in [0.15, 0.2) is 43.0 Å². The normalized spacial score (nSPS) is 11.2. The Hall–Kier alpha value is -3.16. The number of nitrogens with one attached hydrogen (secondary N) is 3. The highest BCUT2D eigenvalue weighted by Crippen LogP contribution is 2.07. The molecule has 8 nitrogen and oxygen atoms in total. The first-order chi connectivity index (χ1) is 12.3. The van der Waals surface area contributed by atoms with Crippen molar-refractivity contribution in [2.75, 3.05) is 13.2 Å². The third-order valence-electron chi connectivity index (χ3n) is 3.25. The fourth-order valence-corrected chi connectivity index (χ4v) is 1.91. The summed E-state index contributed by atoms with van der Waals surface area (Å²) < 4.78 is 4.90. The number of imide groups is 1. The molecular weight excluding hydrogens is 338 g/mol. The lowest BCUT2D eigenvalue weighted by Gasteiger charge is -2.20. The van der Waals surface area contributed by atoms with Gasteiger partial charge >= 0.3 is 12.0 Å². The number of rotatable bonds is 8. The molecule has 0 aromatic heterocycles. The van der Waals surface area contributed by atoms with Gasteiger partial charge in [-0.1, -0.05) is 38.1 Å². The first-order valence-corrected chi connectivity index (χ1v) is 8.06. The Balaban J connectivity index is 2.55. The maximum Gasteiger partial charge on any atom is 0.329 e. The molecule has 0 aliphatic heterocycles. The van der Waals surface area contributed by atoms with E-state index in [1.54, 1.807) is 44.2 Å². The van der Waals surface area contributed by atoms with Crippen LogP contribution in [0.2, 0.25) is 0 Å². The third kappa shape index (κ3) is 7.16. The minimum absolute atomic E-state index is 0.194. The summed E-state index contributed by atoms with van der Waals surface area (Å²) in [4.78, 5) is 47.3. The van der Waals surface area contributed by atoms with Crippen molar-refractivity contribution in [2.45, 2.75) is 19.9 Å². The number of benzene rings is 1. The number of ether oxygens (including phenoxy) is 1. The van der Waals surface area contributed by atoms with E-state index in [-0.39, 0.29) is 12.5 Å². The van der Waals surface area contributed by atoms with Crippen LogP contribution >= 0.6 is 0 Å². The lowest BCUT2D eigenvalue weighted by Crippen LogP contribution is -2.47. The average Bonchev–Trinajstić information content (AvgIpc) is 2.62. The quantitative estimate of drug-likeness (QED) is 0.472. The van der Waals surface area contributed by atoms with Crippen molar-refractivity contribution in [3.8, 4) is 0 Å². The number of urea groups is 1. The minimum atomic E-state index is -0.926. The van der Waals surface area contributed by atoms with Gasteiger partial charge in [0.15, 0.2) is 6.61 Å². The monoisotopic (exact) mass is 361 g/mol. The number of amides is 4. The molecule has 8 heteroatoms. The molecule has 1 aromatic carbocycles. The Morgan fingerprint density at radius 2 is 1.81 bits per heavy atom. The van der Waals surface area contributed by atoms with Gasteiger partial charge in [0, 0.05) is 12.1 Å². The summed E-state index contributed by atoms with van der Waals surface area (Å²) in [6.07, 6.45) is 1.45. The molecule has 140 valence electrons. The van der Waals surface area contributed by atoms with Gasteiger partial charge < -0.3 is 15.4 Å². The molecule has 0 bridgehead atoms. The highest BCUT2D eigenvalue weighted by molar-refractivity contribution is 5.98. The van der Waals surface area contributed by atoms with Crippen LogP contribution in [0.1, 0.15) is 24.2 Å². The van der Waals surface area contributed by atoms with Gasteiger partial charge in [-0.15, -0.1) is 6.58 Å². The van der Waals surface area contributed by atoms with E-state index in [9.17, 15) is 19.2 Å². The number of esters is 1. The summed E-state index contributed by atoms with van der Waals surface area (Å²) >= 11 is 0. The van der Waals surface area contributed by atoms with E-state index in [1.807, 2.05) is 5.32 Å². The van der Waals surface area contributed by atoms with Gasteiger partial charge in [-0.05, 0) is 18.1 Å². The van der Waals surface area contributed by atoms with Crippen molar-refractivity contribution < 1.29 is 23.9 Å². The molecule has 0 spiro atoms. The summed E-state index contributed by atoms with van der Waals surface area (Å²) in [5.74, 6) is -2.22. The Morgan fingerprint density at radius 3 is 2.38 bits per heavy atom. The molecule has 0 aliphatic rings. The highest BCUT2D eigenvalue weighted by atomic mass is 16.5. The molecule has 26 heavy (non-hydrogen) atoms. The van der Waals surface area contributed by atoms with Crippen LogP contribution < -0.4 is 16.0 Å². The van der Waals surface area contributed by atoms with E-state index >= 15 is 0 Å². The average molecular weight is 361 g/mol. The Labute approximate surface area is 152 Å². The standard InChI is InChI=1S/C18H23N3O5/c1-4-10-19-18(25)20-14(22)11-26-17(24)15(12(2)3)21-16(23)13-8-6-5-7-9-13/h4-9,12,15H,1,10-11H2,2-3H3,(H,21,23)(H2,19,20,22,25)/t15-/m0/s1. The van der Waals surface area contributed by atoms with Crippen LogP contribution in [-0.2, 0) is 14.3 Å². The fraction of sp³-hybridized carbons (Fsp3) is 0.333. The zero-order valence-corrected chi connectivity index (χ0v) is 14.8. The minimum Gasteiger partial charge on any atom is -0.454 e. The van der Waals surface area contributed by atoms with Crippen LogP contribution in [-0.4, -0.2) is 43.0 Å². The molecule has 0 saturated heterocycles. The van der Waals surface area contributed by atoms with E-state index in [2.05, 4.69) is 17.2 Å². The van der Waals surface area contributed by atoms with E-state index < -0.39 is 36.5 Å². The largest absolute Gasteiger partial charge is 0.454 e. The number of hydrogen-bond donors (Lipinski definition) is 3. The molecule has 3 N–H and O–H groups in total. The molecule has 1 rings (SSSR count). The van der Waals surface area contributed by atoms with Crippen molar-refractivity contribution in [3.63, 3.8) is 0 Å². The topological polar surface area (TPSA) is 114 Å². The van der Waals surface area contributed by atoms with E-state index in [4.69, 9.17) is 4.74 Å². The second-order valence-electron chi connectivity index (χ2n) is 5.72. The van der Waals surface area contributed by atoms with Crippen molar-refractivity contribution in [1.82, 2.24) is 16.0 Å². The molecule has 0 fully saturated rings. The van der Waals surface area contributed by atoms with Crippen molar-refractivity contribution in [2.24, 2.45) is 5.92 Å². The maximum absolute atomic E-state index is 12.2. The van der Waals surface area contributed by atoms with Gasteiger partial charge in [0.25, 0.3) is 11.8 Å². The maximum atomic E-state index is 12.2. The molecule has 0 saturated carbocycles. The lowest BCUT2D eigenvalue weighted by atomic mass is 10.0. The van der Waals surface area contributed by atoms with Crippen LogP contribution in [0.4, 0.5) is 4.79 Å². The Kier molecular flexibility index (Phi) is 8.56. The molecule has 1 aromatic rings. The zero-order chi connectivity index (χ0) is 19.5. The van der Waals surface area contributed by atoms with Gasteiger partial charge in [0.1, 0.15) is 6.04 Å². The predicted octanol–water partition coefficient (Wildman–Crippen LogP) is 0.996. The van der Waals surface area contributed by atoms with Crippen LogP contribution in [0.5, 0.6) is 0 Å². The lowest BCUT2D eigenvalue weighted by molar-refractivity contribution is -0.151. The first-order valence-electron chi connectivity index (χ1n) is 8.06. The van der Waals surface area contributed by atoms with Gasteiger partial charge in [-0.2, -0.15) is 0 Å². The number of hydrogen-bond acceptors (Lipinski definition) is 5. The van der Waals surface area contributed by atoms with Crippen molar-refractivity contribution >= 4 is 23.8 Å². The van der Waals surface area contributed by atoms with Crippen LogP contribution in [0.25, 0.3) is 0 Å². The van der Waals surface area contributed by atoms with Gasteiger partial charge in [-0.3, -0.25) is 14.9 Å². The Morgan fingerprint density at radius 1 is 1.15 bits per heavy atom. The highest BCUT2D eigenvalue weighted by Gasteiger charge is 2.26. The van der Waals surface area contributed by atoms with Crippen molar-refractivity contribution in [1.29, 1.82) is 0 Å². The second kappa shape index (κ2) is 10.7. The van der Waals surface area contributed by atoms with E-state index in [0.717, 1.165) is 0 Å². The molecule has 4 amide bonds. The first kappa shape index (κ1) is 20.9.